The predicted molar refractivity (Wildman–Crippen MR) is 127 cm³/mol. The van der Waals surface area contributed by atoms with Crippen molar-refractivity contribution in [3.8, 4) is 11.8 Å². The van der Waals surface area contributed by atoms with Crippen molar-refractivity contribution >= 4 is 17.4 Å². The molecule has 4 rings (SSSR count). The molecular weight excluding hydrogens is 418 g/mol. The van der Waals surface area contributed by atoms with Gasteiger partial charge in [-0.3, -0.25) is 9.69 Å². The number of nitrogens with one attached hydrogen (secondary N) is 1. The molecule has 0 radical (unpaired) electrons. The van der Waals surface area contributed by atoms with Crippen molar-refractivity contribution < 1.29 is 13.9 Å². The molecule has 8 heteroatoms. The second kappa shape index (κ2) is 9.84. The molecule has 0 aliphatic carbocycles. The average molecular weight is 448 g/mol. The fraction of sp³-hybridized carbons (Fsp3) is 0.360. The second-order valence-electron chi connectivity index (χ2n) is 8.19. The van der Waals surface area contributed by atoms with Crippen LogP contribution in [0.5, 0.6) is 5.75 Å². The van der Waals surface area contributed by atoms with Crippen molar-refractivity contribution in [1.82, 2.24) is 9.47 Å². The smallest absolute Gasteiger partial charge is 0.239 e. The highest BCUT2D eigenvalue weighted by atomic mass is 16.5. The lowest BCUT2D eigenvalue weighted by molar-refractivity contribution is -0.117. The molecule has 0 unspecified atom stereocenters. The number of methoxy groups -OCH3 is 1. The van der Waals surface area contributed by atoms with Gasteiger partial charge in [-0.15, -0.1) is 0 Å². The zero-order valence-electron chi connectivity index (χ0n) is 19.3. The van der Waals surface area contributed by atoms with Crippen LogP contribution in [0.3, 0.4) is 0 Å². The van der Waals surface area contributed by atoms with Crippen LogP contribution in [0.15, 0.2) is 47.1 Å². The molecule has 0 bridgehead atoms. The molecule has 1 N–H and O–H groups in total. The Labute approximate surface area is 194 Å². The Bertz CT molecular complexity index is 1150. The van der Waals surface area contributed by atoms with E-state index in [9.17, 15) is 10.1 Å². The lowest BCUT2D eigenvalue weighted by Gasteiger charge is -2.36. The number of ether oxygens (including phenoxy) is 1. The lowest BCUT2D eigenvalue weighted by atomic mass is 10.2. The van der Waals surface area contributed by atoms with Crippen LogP contribution in [-0.4, -0.2) is 55.2 Å². The molecule has 1 saturated heterocycles. The number of nitriles is 1. The molecule has 33 heavy (non-hydrogen) atoms. The van der Waals surface area contributed by atoms with Gasteiger partial charge in [0.15, 0.2) is 0 Å². The van der Waals surface area contributed by atoms with E-state index in [0.717, 1.165) is 54.6 Å². The summed E-state index contributed by atoms with van der Waals surface area (Å²) in [6.07, 6.45) is 1.62. The Morgan fingerprint density at radius 3 is 2.58 bits per heavy atom. The third-order valence-electron chi connectivity index (χ3n) is 6.26. The number of anilines is 2. The van der Waals surface area contributed by atoms with Gasteiger partial charge in [-0.1, -0.05) is 12.1 Å². The number of hydrogen-bond donors (Lipinski definition) is 1. The van der Waals surface area contributed by atoms with Crippen LogP contribution in [-0.2, 0) is 11.3 Å². The van der Waals surface area contributed by atoms with E-state index in [-0.39, 0.29) is 12.5 Å². The summed E-state index contributed by atoms with van der Waals surface area (Å²) in [4.78, 5) is 17.4. The number of amides is 1. The molecule has 3 heterocycles. The first-order valence-electron chi connectivity index (χ1n) is 11.0. The second-order valence-corrected chi connectivity index (χ2v) is 8.19. The van der Waals surface area contributed by atoms with Crippen LogP contribution in [0.2, 0.25) is 0 Å². The summed E-state index contributed by atoms with van der Waals surface area (Å²) in [6.45, 7) is 7.73. The Balaban J connectivity index is 1.41. The van der Waals surface area contributed by atoms with E-state index in [1.165, 1.54) is 0 Å². The lowest BCUT2D eigenvalue weighted by Crippen LogP contribution is -2.48. The minimum Gasteiger partial charge on any atom is -0.495 e. The van der Waals surface area contributed by atoms with Crippen molar-refractivity contribution in [2.45, 2.75) is 20.4 Å². The molecular formula is C25H29N5O3. The zero-order chi connectivity index (χ0) is 23.4. The summed E-state index contributed by atoms with van der Waals surface area (Å²) >= 11 is 0. The summed E-state index contributed by atoms with van der Waals surface area (Å²) in [5, 5.41) is 12.7. The Morgan fingerprint density at radius 1 is 1.15 bits per heavy atom. The van der Waals surface area contributed by atoms with Gasteiger partial charge < -0.3 is 23.9 Å². The van der Waals surface area contributed by atoms with E-state index in [2.05, 4.69) is 27.3 Å². The van der Waals surface area contributed by atoms with Gasteiger partial charge >= 0.3 is 0 Å². The third-order valence-corrected chi connectivity index (χ3v) is 6.26. The fourth-order valence-corrected chi connectivity index (χ4v) is 4.30. The molecule has 3 aromatic rings. The van der Waals surface area contributed by atoms with Crippen LogP contribution in [0.4, 0.5) is 11.5 Å². The maximum atomic E-state index is 12.9. The highest BCUT2D eigenvalue weighted by Gasteiger charge is 2.24. The molecule has 8 nitrogen and oxygen atoms in total. The van der Waals surface area contributed by atoms with Gasteiger partial charge in [0.1, 0.15) is 23.4 Å². The molecule has 0 spiro atoms. The number of piperazine rings is 1. The normalized spacial score (nSPS) is 14.2. The van der Waals surface area contributed by atoms with Gasteiger partial charge in [-0.2, -0.15) is 5.26 Å². The topological polar surface area (TPSA) is 86.7 Å². The van der Waals surface area contributed by atoms with E-state index in [1.807, 2.05) is 48.7 Å². The van der Waals surface area contributed by atoms with Crippen LogP contribution < -0.4 is 15.0 Å². The van der Waals surface area contributed by atoms with Crippen molar-refractivity contribution in [2.24, 2.45) is 0 Å². The first-order valence-corrected chi connectivity index (χ1v) is 11.0. The maximum Gasteiger partial charge on any atom is 0.239 e. The highest BCUT2D eigenvalue weighted by Crippen LogP contribution is 2.29. The number of nitrogens with zero attached hydrogens (tertiary/aromatic N) is 4. The summed E-state index contributed by atoms with van der Waals surface area (Å²) < 4.78 is 12.9. The predicted octanol–water partition coefficient (Wildman–Crippen LogP) is 3.39. The monoisotopic (exact) mass is 447 g/mol. The number of rotatable bonds is 7. The van der Waals surface area contributed by atoms with Gasteiger partial charge in [0, 0.05) is 31.9 Å². The standard InChI is InChI=1S/C25H29N5O3/c1-18-19(2)30(16-20-7-6-14-33-20)25(21(18)15-26)27-24(31)17-28-10-12-29(13-11-28)22-8-4-5-9-23(22)32-3/h4-9,14H,10-13,16-17H2,1-3H3,(H,27,31). The molecule has 1 aliphatic heterocycles. The van der Waals surface area contributed by atoms with E-state index in [0.29, 0.717) is 17.9 Å². The van der Waals surface area contributed by atoms with E-state index in [1.54, 1.807) is 13.4 Å². The molecule has 2 aromatic heterocycles. The Hall–Kier alpha value is -3.70. The minimum atomic E-state index is -0.129. The summed E-state index contributed by atoms with van der Waals surface area (Å²) in [5.41, 5.74) is 3.37. The minimum absolute atomic E-state index is 0.129. The first kappa shape index (κ1) is 22.5. The molecule has 1 fully saturated rings. The summed E-state index contributed by atoms with van der Waals surface area (Å²) in [5.74, 6) is 2.02. The van der Waals surface area contributed by atoms with Crippen LogP contribution in [0.1, 0.15) is 22.6 Å². The van der Waals surface area contributed by atoms with E-state index < -0.39 is 0 Å². The number of hydrogen-bond acceptors (Lipinski definition) is 6. The van der Waals surface area contributed by atoms with Crippen molar-refractivity contribution in [3.63, 3.8) is 0 Å². The molecule has 1 aliphatic rings. The molecule has 0 saturated carbocycles. The SMILES string of the molecule is COc1ccccc1N1CCN(CC(=O)Nc2c(C#N)c(C)c(C)n2Cc2ccco2)CC1. The highest BCUT2D eigenvalue weighted by molar-refractivity contribution is 5.93. The molecule has 0 atom stereocenters. The van der Waals surface area contributed by atoms with Crippen molar-refractivity contribution in [3.05, 3.63) is 65.2 Å². The van der Waals surface area contributed by atoms with Crippen molar-refractivity contribution in [1.29, 1.82) is 5.26 Å². The number of para-hydroxylation sites is 2. The van der Waals surface area contributed by atoms with E-state index in [4.69, 9.17) is 9.15 Å². The first-order chi connectivity index (χ1) is 16.0. The van der Waals surface area contributed by atoms with Gasteiger partial charge in [-0.05, 0) is 43.7 Å². The van der Waals surface area contributed by atoms with Gasteiger partial charge in [0.25, 0.3) is 0 Å². The maximum absolute atomic E-state index is 12.9. The van der Waals surface area contributed by atoms with Crippen LogP contribution >= 0.6 is 0 Å². The average Bonchev–Trinajstić information content (AvgIpc) is 3.42. The summed E-state index contributed by atoms with van der Waals surface area (Å²) in [6, 6.07) is 13.9. The molecule has 1 amide bonds. The third kappa shape index (κ3) is 4.73. The number of carbonyl (C=O) groups is 1. The zero-order valence-corrected chi connectivity index (χ0v) is 19.3. The number of furan rings is 1. The Morgan fingerprint density at radius 2 is 1.91 bits per heavy atom. The molecule has 1 aromatic carbocycles. The van der Waals surface area contributed by atoms with Gasteiger partial charge in [0.2, 0.25) is 5.91 Å². The largest absolute Gasteiger partial charge is 0.495 e. The van der Waals surface area contributed by atoms with Crippen LogP contribution in [0, 0.1) is 25.2 Å². The van der Waals surface area contributed by atoms with E-state index >= 15 is 0 Å². The number of carbonyl (C=O) groups excluding carboxylic acids is 1. The van der Waals surface area contributed by atoms with Crippen LogP contribution in [0.25, 0.3) is 0 Å². The van der Waals surface area contributed by atoms with Gasteiger partial charge in [-0.25, -0.2) is 0 Å². The number of benzene rings is 1. The van der Waals surface area contributed by atoms with Crippen molar-refractivity contribution in [2.75, 3.05) is 50.1 Å². The quantitative estimate of drug-likeness (QED) is 0.598. The Kier molecular flexibility index (Phi) is 6.71. The summed E-state index contributed by atoms with van der Waals surface area (Å²) in [7, 11) is 1.68. The van der Waals surface area contributed by atoms with Gasteiger partial charge in [0.05, 0.1) is 37.7 Å². The fourth-order valence-electron chi connectivity index (χ4n) is 4.30. The molecule has 172 valence electrons. The number of aromatic nitrogens is 1.